The maximum Gasteiger partial charge on any atom is 0.147 e. The Morgan fingerprint density at radius 1 is 1.08 bits per heavy atom. The second kappa shape index (κ2) is 6.47. The molecule has 1 aliphatic carbocycles. The van der Waals surface area contributed by atoms with Crippen LogP contribution in [-0.4, -0.2) is 56.8 Å². The lowest BCUT2D eigenvalue weighted by Gasteiger charge is -2.32. The summed E-state index contributed by atoms with van der Waals surface area (Å²) >= 11 is 0. The summed E-state index contributed by atoms with van der Waals surface area (Å²) in [5, 5.41) is 9.10. The molecule has 1 saturated heterocycles. The first-order valence-electron chi connectivity index (χ1n) is 8.81. The van der Waals surface area contributed by atoms with E-state index in [0.717, 1.165) is 44.1 Å². The SMILES string of the molecule is CN(C)Cc1nnc(C2CCN(c3cnccn3)CC2)n1C1CC1. The number of hydrogen-bond donors (Lipinski definition) is 0. The van der Waals surface area contributed by atoms with Crippen LogP contribution in [0.4, 0.5) is 5.82 Å². The minimum absolute atomic E-state index is 0.502. The zero-order valence-electron chi connectivity index (χ0n) is 14.5. The third kappa shape index (κ3) is 3.13. The van der Waals surface area contributed by atoms with Crippen LogP contribution in [0.1, 0.15) is 49.3 Å². The lowest BCUT2D eigenvalue weighted by molar-refractivity contribution is 0.376. The maximum absolute atomic E-state index is 4.59. The van der Waals surface area contributed by atoms with Crippen molar-refractivity contribution in [2.45, 2.75) is 44.2 Å². The van der Waals surface area contributed by atoms with Crippen molar-refractivity contribution in [2.75, 3.05) is 32.1 Å². The molecule has 1 saturated carbocycles. The van der Waals surface area contributed by atoms with Gasteiger partial charge in [0.25, 0.3) is 0 Å². The fourth-order valence-corrected chi connectivity index (χ4v) is 3.56. The van der Waals surface area contributed by atoms with E-state index >= 15 is 0 Å². The highest BCUT2D eigenvalue weighted by Gasteiger charge is 2.33. The first kappa shape index (κ1) is 15.5. The van der Waals surface area contributed by atoms with Crippen molar-refractivity contribution >= 4 is 5.82 Å². The average Bonchev–Trinajstić information content (AvgIpc) is 3.36. The van der Waals surface area contributed by atoms with Crippen molar-refractivity contribution < 1.29 is 0 Å². The summed E-state index contributed by atoms with van der Waals surface area (Å²) in [6.45, 7) is 2.87. The monoisotopic (exact) mass is 327 g/mol. The standard InChI is InChI=1S/C17H25N7/c1-22(2)12-16-20-21-17(24(16)14-3-4-14)13-5-9-23(10-6-13)15-11-18-7-8-19-15/h7-8,11,13-14H,3-6,9-10,12H2,1-2H3. The molecule has 0 radical (unpaired) electrons. The Bertz CT molecular complexity index is 670. The molecule has 0 spiro atoms. The van der Waals surface area contributed by atoms with Crippen LogP contribution in [0.2, 0.25) is 0 Å². The largest absolute Gasteiger partial charge is 0.355 e. The maximum atomic E-state index is 4.59. The summed E-state index contributed by atoms with van der Waals surface area (Å²) < 4.78 is 2.43. The number of anilines is 1. The highest BCUT2D eigenvalue weighted by atomic mass is 15.3. The summed E-state index contributed by atoms with van der Waals surface area (Å²) in [4.78, 5) is 13.1. The smallest absolute Gasteiger partial charge is 0.147 e. The molecule has 2 aromatic heterocycles. The second-order valence-electron chi connectivity index (χ2n) is 7.14. The molecule has 0 amide bonds. The van der Waals surface area contributed by atoms with Gasteiger partial charge in [0.2, 0.25) is 0 Å². The highest BCUT2D eigenvalue weighted by molar-refractivity contribution is 5.35. The van der Waals surface area contributed by atoms with Crippen LogP contribution in [-0.2, 0) is 6.54 Å². The van der Waals surface area contributed by atoms with Gasteiger partial charge in [-0.2, -0.15) is 0 Å². The third-order valence-corrected chi connectivity index (χ3v) is 4.90. The van der Waals surface area contributed by atoms with Crippen LogP contribution < -0.4 is 4.90 Å². The third-order valence-electron chi connectivity index (χ3n) is 4.90. The molecule has 24 heavy (non-hydrogen) atoms. The Hall–Kier alpha value is -2.02. The van der Waals surface area contributed by atoms with Crippen LogP contribution in [0.25, 0.3) is 0 Å². The van der Waals surface area contributed by atoms with Crippen molar-refractivity contribution in [1.29, 1.82) is 0 Å². The zero-order chi connectivity index (χ0) is 16.5. The molecule has 128 valence electrons. The average molecular weight is 327 g/mol. The number of aromatic nitrogens is 5. The number of hydrogen-bond acceptors (Lipinski definition) is 6. The van der Waals surface area contributed by atoms with E-state index in [1.54, 1.807) is 12.4 Å². The molecule has 0 aromatic carbocycles. The summed E-state index contributed by atoms with van der Waals surface area (Å²) in [6, 6.07) is 0.628. The van der Waals surface area contributed by atoms with E-state index in [0.29, 0.717) is 12.0 Å². The van der Waals surface area contributed by atoms with Gasteiger partial charge in [-0.1, -0.05) is 0 Å². The van der Waals surface area contributed by atoms with Crippen LogP contribution >= 0.6 is 0 Å². The Labute approximate surface area is 142 Å². The van der Waals surface area contributed by atoms with E-state index in [2.05, 4.69) is 48.6 Å². The molecule has 7 heteroatoms. The van der Waals surface area contributed by atoms with Crippen molar-refractivity contribution in [3.63, 3.8) is 0 Å². The lowest BCUT2D eigenvalue weighted by atomic mass is 9.96. The molecule has 2 aliphatic rings. The molecule has 0 atom stereocenters. The molecule has 4 rings (SSSR count). The second-order valence-corrected chi connectivity index (χ2v) is 7.14. The Morgan fingerprint density at radius 3 is 2.50 bits per heavy atom. The van der Waals surface area contributed by atoms with Crippen molar-refractivity contribution in [2.24, 2.45) is 0 Å². The normalized spacial score (nSPS) is 19.2. The van der Waals surface area contributed by atoms with E-state index in [9.17, 15) is 0 Å². The van der Waals surface area contributed by atoms with Crippen LogP contribution in [0.15, 0.2) is 18.6 Å². The highest BCUT2D eigenvalue weighted by Crippen LogP contribution is 2.40. The van der Waals surface area contributed by atoms with Gasteiger partial charge in [0.05, 0.1) is 12.7 Å². The summed E-state index contributed by atoms with van der Waals surface area (Å²) in [5.41, 5.74) is 0. The van der Waals surface area contributed by atoms with Gasteiger partial charge in [-0.05, 0) is 39.8 Å². The summed E-state index contributed by atoms with van der Waals surface area (Å²) in [7, 11) is 4.18. The Morgan fingerprint density at radius 2 is 1.88 bits per heavy atom. The number of rotatable bonds is 5. The van der Waals surface area contributed by atoms with Crippen molar-refractivity contribution in [1.82, 2.24) is 29.6 Å². The molecular formula is C17H25N7. The van der Waals surface area contributed by atoms with E-state index in [1.807, 2.05) is 6.20 Å². The van der Waals surface area contributed by atoms with Gasteiger partial charge in [0.1, 0.15) is 17.5 Å². The zero-order valence-corrected chi connectivity index (χ0v) is 14.5. The summed E-state index contributed by atoms with van der Waals surface area (Å²) in [6.07, 6.45) is 10.1. The minimum Gasteiger partial charge on any atom is -0.355 e. The van der Waals surface area contributed by atoms with Gasteiger partial charge in [0, 0.05) is 37.4 Å². The van der Waals surface area contributed by atoms with Crippen LogP contribution in [0.3, 0.4) is 0 Å². The number of piperidine rings is 1. The Balaban J connectivity index is 1.48. The van der Waals surface area contributed by atoms with E-state index in [4.69, 9.17) is 0 Å². The first-order valence-corrected chi connectivity index (χ1v) is 8.81. The molecule has 0 N–H and O–H groups in total. The molecule has 0 unspecified atom stereocenters. The Kier molecular flexibility index (Phi) is 4.18. The first-order chi connectivity index (χ1) is 11.7. The molecule has 2 aromatic rings. The topological polar surface area (TPSA) is 63.0 Å². The molecule has 7 nitrogen and oxygen atoms in total. The molecular weight excluding hydrogens is 302 g/mol. The van der Waals surface area contributed by atoms with E-state index < -0.39 is 0 Å². The van der Waals surface area contributed by atoms with Gasteiger partial charge < -0.3 is 14.4 Å². The molecule has 2 fully saturated rings. The minimum atomic E-state index is 0.502. The molecule has 0 bridgehead atoms. The van der Waals surface area contributed by atoms with Gasteiger partial charge in [-0.25, -0.2) is 4.98 Å². The number of nitrogens with zero attached hydrogens (tertiary/aromatic N) is 7. The van der Waals surface area contributed by atoms with E-state index in [1.165, 1.54) is 18.7 Å². The fraction of sp³-hybridized carbons (Fsp3) is 0.647. The van der Waals surface area contributed by atoms with Gasteiger partial charge in [-0.15, -0.1) is 10.2 Å². The van der Waals surface area contributed by atoms with Crippen molar-refractivity contribution in [3.8, 4) is 0 Å². The van der Waals surface area contributed by atoms with Gasteiger partial charge in [0.15, 0.2) is 0 Å². The van der Waals surface area contributed by atoms with Crippen LogP contribution in [0, 0.1) is 0 Å². The van der Waals surface area contributed by atoms with Crippen molar-refractivity contribution in [3.05, 3.63) is 30.2 Å². The quantitative estimate of drug-likeness (QED) is 0.835. The predicted molar refractivity (Wildman–Crippen MR) is 91.9 cm³/mol. The van der Waals surface area contributed by atoms with Crippen LogP contribution in [0.5, 0.6) is 0 Å². The van der Waals surface area contributed by atoms with Gasteiger partial charge >= 0.3 is 0 Å². The molecule has 3 heterocycles. The lowest BCUT2D eigenvalue weighted by Crippen LogP contribution is -2.34. The predicted octanol–water partition coefficient (Wildman–Crippen LogP) is 1.85. The molecule has 1 aliphatic heterocycles. The fourth-order valence-electron chi connectivity index (χ4n) is 3.56. The van der Waals surface area contributed by atoms with Gasteiger partial charge in [-0.3, -0.25) is 4.98 Å². The van der Waals surface area contributed by atoms with E-state index in [-0.39, 0.29) is 0 Å². The summed E-state index contributed by atoms with van der Waals surface area (Å²) in [5.74, 6) is 3.80.